The molecule has 0 N–H and O–H groups in total. The summed E-state index contributed by atoms with van der Waals surface area (Å²) >= 11 is 0. The normalized spacial score (nSPS) is 19.3. The molecule has 0 radical (unpaired) electrons. The molecule has 0 aliphatic carbocycles. The van der Waals surface area contributed by atoms with Gasteiger partial charge in [-0.25, -0.2) is 4.98 Å². The van der Waals surface area contributed by atoms with Gasteiger partial charge in [0.25, 0.3) is 0 Å². The van der Waals surface area contributed by atoms with Crippen LogP contribution < -0.4 is 4.90 Å². The highest BCUT2D eigenvalue weighted by Gasteiger charge is 2.25. The first-order valence-corrected chi connectivity index (χ1v) is 7.34. The second-order valence-corrected chi connectivity index (χ2v) is 5.39. The van der Waals surface area contributed by atoms with Crippen molar-refractivity contribution in [3.8, 4) is 0 Å². The van der Waals surface area contributed by atoms with E-state index in [-0.39, 0.29) is 0 Å². The zero-order valence-electron chi connectivity index (χ0n) is 12.2. The average Bonchev–Trinajstić information content (AvgIpc) is 2.96. The molecule has 3 heterocycles. The minimum Gasteiger partial charge on any atom is -0.354 e. The fourth-order valence-corrected chi connectivity index (χ4v) is 2.90. The third-order valence-electron chi connectivity index (χ3n) is 3.98. The Hall–Kier alpha value is -1.91. The molecular formula is C15H21N5. The summed E-state index contributed by atoms with van der Waals surface area (Å²) in [6.07, 6.45) is 6.35. The van der Waals surface area contributed by atoms with Crippen LogP contribution in [0.4, 0.5) is 5.82 Å². The molecule has 0 aromatic carbocycles. The Labute approximate surface area is 119 Å². The van der Waals surface area contributed by atoms with E-state index in [1.807, 2.05) is 19.2 Å². The molecule has 1 atom stereocenters. The zero-order valence-corrected chi connectivity index (χ0v) is 12.2. The fourth-order valence-electron chi connectivity index (χ4n) is 2.90. The van der Waals surface area contributed by atoms with Crippen LogP contribution in [0.25, 0.3) is 0 Å². The van der Waals surface area contributed by atoms with Gasteiger partial charge in [-0.15, -0.1) is 5.10 Å². The standard InChI is InChI=1S/C15H21N5/c1-3-19-10-8-16-15(19)13-5-4-9-20(11-13)14-7-6-12(2)17-18-14/h6-8,10,13H,3-5,9,11H2,1-2H3/t13-/m0/s1. The van der Waals surface area contributed by atoms with Gasteiger partial charge < -0.3 is 9.47 Å². The Balaban J connectivity index is 1.78. The lowest BCUT2D eigenvalue weighted by atomic mass is 9.97. The largest absolute Gasteiger partial charge is 0.354 e. The summed E-state index contributed by atoms with van der Waals surface area (Å²) in [5, 5.41) is 8.47. The van der Waals surface area contributed by atoms with E-state index in [0.717, 1.165) is 31.1 Å². The van der Waals surface area contributed by atoms with Crippen molar-refractivity contribution >= 4 is 5.82 Å². The number of rotatable bonds is 3. The fraction of sp³-hybridized carbons (Fsp3) is 0.533. The van der Waals surface area contributed by atoms with Crippen LogP contribution in [0.1, 0.15) is 37.2 Å². The van der Waals surface area contributed by atoms with Crippen molar-refractivity contribution in [3.05, 3.63) is 36.0 Å². The summed E-state index contributed by atoms with van der Waals surface area (Å²) < 4.78 is 2.25. The lowest BCUT2D eigenvalue weighted by molar-refractivity contribution is 0.471. The lowest BCUT2D eigenvalue weighted by Crippen LogP contribution is -2.36. The Bertz CT molecular complexity index is 560. The Morgan fingerprint density at radius 3 is 2.95 bits per heavy atom. The predicted octanol–water partition coefficient (Wildman–Crippen LogP) is 2.39. The van der Waals surface area contributed by atoms with Crippen molar-refractivity contribution in [1.82, 2.24) is 19.7 Å². The summed E-state index contributed by atoms with van der Waals surface area (Å²) in [7, 11) is 0. The van der Waals surface area contributed by atoms with Gasteiger partial charge in [-0.3, -0.25) is 0 Å². The number of nitrogens with zero attached hydrogens (tertiary/aromatic N) is 5. The minimum absolute atomic E-state index is 0.488. The SMILES string of the molecule is CCn1ccnc1[C@H]1CCCN(c2ccc(C)nn2)C1. The Morgan fingerprint density at radius 2 is 2.20 bits per heavy atom. The molecule has 5 heteroatoms. The highest BCUT2D eigenvalue weighted by molar-refractivity contribution is 5.38. The van der Waals surface area contributed by atoms with Crippen LogP contribution in [0.3, 0.4) is 0 Å². The van der Waals surface area contributed by atoms with Gasteiger partial charge in [0.1, 0.15) is 5.82 Å². The number of piperidine rings is 1. The molecule has 0 unspecified atom stereocenters. The number of hydrogen-bond acceptors (Lipinski definition) is 4. The average molecular weight is 271 g/mol. The molecule has 0 bridgehead atoms. The van der Waals surface area contributed by atoms with E-state index >= 15 is 0 Å². The van der Waals surface area contributed by atoms with Gasteiger partial charge in [-0.05, 0) is 38.8 Å². The number of aryl methyl sites for hydroxylation is 2. The number of imidazole rings is 1. The van der Waals surface area contributed by atoms with E-state index in [9.17, 15) is 0 Å². The summed E-state index contributed by atoms with van der Waals surface area (Å²) in [5.41, 5.74) is 0.962. The maximum absolute atomic E-state index is 4.55. The monoisotopic (exact) mass is 271 g/mol. The first-order valence-electron chi connectivity index (χ1n) is 7.34. The molecule has 2 aromatic rings. The lowest BCUT2D eigenvalue weighted by Gasteiger charge is -2.33. The first-order chi connectivity index (χ1) is 9.78. The second kappa shape index (κ2) is 5.61. The highest BCUT2D eigenvalue weighted by atomic mass is 15.3. The number of anilines is 1. The van der Waals surface area contributed by atoms with Gasteiger partial charge in [-0.2, -0.15) is 5.10 Å². The summed E-state index contributed by atoms with van der Waals surface area (Å²) in [6.45, 7) is 7.15. The van der Waals surface area contributed by atoms with E-state index in [2.05, 4.69) is 43.8 Å². The smallest absolute Gasteiger partial charge is 0.151 e. The van der Waals surface area contributed by atoms with Crippen LogP contribution in [-0.2, 0) is 6.54 Å². The van der Waals surface area contributed by atoms with Gasteiger partial charge in [0, 0.05) is 37.9 Å². The van der Waals surface area contributed by atoms with Crippen LogP contribution in [0.5, 0.6) is 0 Å². The maximum Gasteiger partial charge on any atom is 0.151 e. The summed E-state index contributed by atoms with van der Waals surface area (Å²) in [4.78, 5) is 6.88. The maximum atomic E-state index is 4.55. The summed E-state index contributed by atoms with van der Waals surface area (Å²) in [5.74, 6) is 2.67. The van der Waals surface area contributed by atoms with Gasteiger partial charge in [-0.1, -0.05) is 0 Å². The van der Waals surface area contributed by atoms with Crippen molar-refractivity contribution < 1.29 is 0 Å². The Kier molecular flexibility index (Phi) is 3.67. The molecule has 0 saturated carbocycles. The van der Waals surface area contributed by atoms with Crippen molar-refractivity contribution in [2.24, 2.45) is 0 Å². The molecule has 1 saturated heterocycles. The second-order valence-electron chi connectivity index (χ2n) is 5.39. The van der Waals surface area contributed by atoms with Gasteiger partial charge in [0.15, 0.2) is 5.82 Å². The van der Waals surface area contributed by atoms with Crippen LogP contribution in [0.2, 0.25) is 0 Å². The van der Waals surface area contributed by atoms with Gasteiger partial charge >= 0.3 is 0 Å². The molecule has 5 nitrogen and oxygen atoms in total. The zero-order chi connectivity index (χ0) is 13.9. The molecule has 1 aliphatic heterocycles. The molecule has 1 fully saturated rings. The van der Waals surface area contributed by atoms with Crippen molar-refractivity contribution in [1.29, 1.82) is 0 Å². The molecular weight excluding hydrogens is 250 g/mol. The van der Waals surface area contributed by atoms with E-state index < -0.39 is 0 Å². The van der Waals surface area contributed by atoms with Crippen molar-refractivity contribution in [2.45, 2.75) is 39.2 Å². The summed E-state index contributed by atoms with van der Waals surface area (Å²) in [6, 6.07) is 4.09. The van der Waals surface area contributed by atoms with Crippen molar-refractivity contribution in [2.75, 3.05) is 18.0 Å². The molecule has 3 rings (SSSR count). The van der Waals surface area contributed by atoms with Gasteiger partial charge in [0.05, 0.1) is 5.69 Å². The van der Waals surface area contributed by atoms with E-state index in [1.165, 1.54) is 18.7 Å². The van der Waals surface area contributed by atoms with Crippen LogP contribution in [0, 0.1) is 6.92 Å². The molecule has 0 amide bonds. The van der Waals surface area contributed by atoms with Gasteiger partial charge in [0.2, 0.25) is 0 Å². The van der Waals surface area contributed by atoms with Crippen LogP contribution >= 0.6 is 0 Å². The number of aromatic nitrogens is 4. The highest BCUT2D eigenvalue weighted by Crippen LogP contribution is 2.28. The predicted molar refractivity (Wildman–Crippen MR) is 78.9 cm³/mol. The molecule has 106 valence electrons. The topological polar surface area (TPSA) is 46.8 Å². The Morgan fingerprint density at radius 1 is 1.30 bits per heavy atom. The number of hydrogen-bond donors (Lipinski definition) is 0. The molecule has 0 spiro atoms. The van der Waals surface area contributed by atoms with Crippen molar-refractivity contribution in [3.63, 3.8) is 0 Å². The molecule has 2 aromatic heterocycles. The third-order valence-corrected chi connectivity index (χ3v) is 3.98. The third kappa shape index (κ3) is 2.53. The minimum atomic E-state index is 0.488. The quantitative estimate of drug-likeness (QED) is 0.860. The van der Waals surface area contributed by atoms with E-state index in [1.54, 1.807) is 0 Å². The van der Waals surface area contributed by atoms with E-state index in [0.29, 0.717) is 5.92 Å². The van der Waals surface area contributed by atoms with Crippen LogP contribution in [-0.4, -0.2) is 32.8 Å². The van der Waals surface area contributed by atoms with E-state index in [4.69, 9.17) is 0 Å². The molecule has 20 heavy (non-hydrogen) atoms. The first kappa shape index (κ1) is 13.1. The van der Waals surface area contributed by atoms with Crippen LogP contribution in [0.15, 0.2) is 24.5 Å². The molecule has 1 aliphatic rings.